The molecule has 5 aliphatic rings. The Morgan fingerprint density at radius 1 is 0.679 bits per heavy atom. The fourth-order valence-electron chi connectivity index (χ4n) is 9.77. The highest BCUT2D eigenvalue weighted by Crippen LogP contribution is 2.38. The summed E-state index contributed by atoms with van der Waals surface area (Å²) in [5, 5.41) is 6.27. The summed E-state index contributed by atoms with van der Waals surface area (Å²) in [6.45, 7) is 21.2. The summed E-state index contributed by atoms with van der Waals surface area (Å²) in [6, 6.07) is 17.6. The number of urea groups is 2. The van der Waals surface area contributed by atoms with Crippen LogP contribution >= 0.6 is 11.6 Å². The van der Waals surface area contributed by atoms with Gasteiger partial charge in [-0.25, -0.2) is 36.4 Å². The van der Waals surface area contributed by atoms with Crippen LogP contribution in [0.4, 0.5) is 57.4 Å². The minimum Gasteiger partial charge on any atom is -0.399 e. The van der Waals surface area contributed by atoms with Gasteiger partial charge in [-0.05, 0) is 131 Å². The van der Waals surface area contributed by atoms with Crippen LogP contribution in [0.1, 0.15) is 71.4 Å². The molecule has 4 amide bonds. The number of sulfonamides is 2. The first kappa shape index (κ1) is 63.0. The van der Waals surface area contributed by atoms with E-state index in [4.69, 9.17) is 30.4 Å². The molecule has 0 saturated carbocycles. The predicted molar refractivity (Wildman–Crippen MR) is 312 cm³/mol. The summed E-state index contributed by atoms with van der Waals surface area (Å²) in [7, 11) is -7.40. The maximum Gasteiger partial charge on any atom is 0.495 e. The van der Waals surface area contributed by atoms with Crippen LogP contribution in [0.25, 0.3) is 11.1 Å². The topological polar surface area (TPSA) is 226 Å². The fourth-order valence-corrected chi connectivity index (χ4v) is 10.9. The minimum absolute atomic E-state index is 0.0890. The predicted octanol–water partition coefficient (Wildman–Crippen LogP) is 8.57. The van der Waals surface area contributed by atoms with Crippen LogP contribution in [0, 0.1) is 25.7 Å². The van der Waals surface area contributed by atoms with Gasteiger partial charge in [-0.2, -0.15) is 13.2 Å². The van der Waals surface area contributed by atoms with Gasteiger partial charge >= 0.3 is 25.4 Å². The standard InChI is InChI=1S/C24H33N5O4S.C20H28BF3N2O3.C10H14ClN3O3S/c1-4-18-7-8-29(16-18)24(30)25-20-6-5-17(2)21(15-20)19-13-22(27-34(3,31)32)26-23(14-19)28-9-11-33-12-10-28;1-13-6-7-15(10-16(13)21-28-18(2,3)19(4,5)29-21)25-17(27)26-9-8-14(12-26)11-20(22,23)24;1-18(15,16)13-9-6-8(11)7-10(12-9)14-2-4-17-5-3-14/h5-6,13-15,18H,4,7-12,16H2,1-3H3,(H,25,30)(H,26,27);6-7,10,14H,8-9,11-12H2,1-5H3,(H,25,27);6-7H,2-5H2,1H3,(H,12,13)/t18-;14-;/m10./s1. The Kier molecular flexibility index (Phi) is 20.4. The van der Waals surface area contributed by atoms with E-state index in [2.05, 4.69) is 41.9 Å². The van der Waals surface area contributed by atoms with E-state index in [1.807, 2.05) is 81.7 Å². The number of ether oxygens (including phenoxy) is 2. The van der Waals surface area contributed by atoms with Crippen LogP contribution in [0.3, 0.4) is 0 Å². The Hall–Kier alpha value is -5.64. The lowest BCUT2D eigenvalue weighted by Gasteiger charge is -2.32. The summed E-state index contributed by atoms with van der Waals surface area (Å²) < 4.78 is 112. The van der Waals surface area contributed by atoms with Crippen molar-refractivity contribution in [2.75, 3.05) is 121 Å². The van der Waals surface area contributed by atoms with E-state index in [9.17, 15) is 39.6 Å². The number of likely N-dealkylation sites (tertiary alicyclic amines) is 2. The lowest BCUT2D eigenvalue weighted by molar-refractivity contribution is -0.143. The average molecular weight is 1190 g/mol. The number of pyridine rings is 2. The van der Waals surface area contributed by atoms with Crippen LogP contribution in [-0.4, -0.2) is 164 Å². The Bertz CT molecular complexity index is 3080. The van der Waals surface area contributed by atoms with E-state index in [0.717, 1.165) is 66.2 Å². The van der Waals surface area contributed by atoms with Crippen molar-refractivity contribution in [2.24, 2.45) is 11.8 Å². The van der Waals surface area contributed by atoms with E-state index in [1.54, 1.807) is 24.3 Å². The number of alkyl halides is 3. The second-order valence-electron chi connectivity index (χ2n) is 22.1. The smallest absolute Gasteiger partial charge is 0.399 e. The molecule has 9 rings (SSSR count). The number of aryl methyl sites for hydroxylation is 2. The van der Waals surface area contributed by atoms with E-state index >= 15 is 0 Å². The number of benzene rings is 2. The van der Waals surface area contributed by atoms with Crippen LogP contribution in [0.15, 0.2) is 60.7 Å². The largest absolute Gasteiger partial charge is 0.495 e. The molecule has 5 fully saturated rings. The van der Waals surface area contributed by atoms with Gasteiger partial charge in [-0.3, -0.25) is 9.44 Å². The number of hydrogen-bond donors (Lipinski definition) is 4. The Morgan fingerprint density at radius 3 is 1.64 bits per heavy atom. The molecule has 0 unspecified atom stereocenters. The van der Waals surface area contributed by atoms with Crippen molar-refractivity contribution in [1.29, 1.82) is 0 Å². The summed E-state index contributed by atoms with van der Waals surface area (Å²) in [4.78, 5) is 41.5. The number of halogens is 4. The lowest BCUT2D eigenvalue weighted by atomic mass is 9.76. The van der Waals surface area contributed by atoms with Gasteiger partial charge in [0.2, 0.25) is 20.0 Å². The van der Waals surface area contributed by atoms with Crippen molar-refractivity contribution in [3.63, 3.8) is 0 Å². The molecule has 2 aromatic carbocycles. The van der Waals surface area contributed by atoms with Gasteiger partial charge in [0, 0.05) is 81.2 Å². The normalized spacial score (nSPS) is 20.0. The zero-order valence-corrected chi connectivity index (χ0v) is 49.8. The molecule has 7 heterocycles. The number of carbonyl (C=O) groups excluding carboxylic acids is 2. The van der Waals surface area contributed by atoms with Gasteiger partial charge in [-0.15, -0.1) is 0 Å². The van der Waals surface area contributed by atoms with E-state index in [0.29, 0.717) is 99.5 Å². The highest BCUT2D eigenvalue weighted by molar-refractivity contribution is 7.92. The number of carbonyl (C=O) groups is 2. The number of anilines is 6. The maximum atomic E-state index is 12.8. The van der Waals surface area contributed by atoms with Crippen molar-refractivity contribution < 1.29 is 58.4 Å². The highest BCUT2D eigenvalue weighted by atomic mass is 35.5. The Morgan fingerprint density at radius 2 is 1.15 bits per heavy atom. The molecule has 4 N–H and O–H groups in total. The first-order valence-electron chi connectivity index (χ1n) is 27.0. The second kappa shape index (κ2) is 26.3. The third-order valence-electron chi connectivity index (χ3n) is 14.9. The highest BCUT2D eigenvalue weighted by Gasteiger charge is 2.52. The lowest BCUT2D eigenvalue weighted by Crippen LogP contribution is -2.41. The molecule has 5 aliphatic heterocycles. The zero-order chi connectivity index (χ0) is 59.1. The monoisotopic (exact) mass is 1190 g/mol. The number of rotatable bonds is 12. The summed E-state index contributed by atoms with van der Waals surface area (Å²) in [5.41, 5.74) is 4.82. The van der Waals surface area contributed by atoms with E-state index in [-0.39, 0.29) is 24.2 Å². The second-order valence-corrected chi connectivity index (χ2v) is 26.0. The average Bonchev–Trinajstić information content (AvgIpc) is 4.18. The van der Waals surface area contributed by atoms with Gasteiger partial charge in [0.1, 0.15) is 23.3 Å². The number of nitrogens with zero attached hydrogens (tertiary/aromatic N) is 6. The van der Waals surface area contributed by atoms with Crippen LogP contribution in [0.5, 0.6) is 0 Å². The number of amides is 4. The number of morpholine rings is 2. The molecular formula is C54H75BClF3N10O10S2. The molecule has 0 bridgehead atoms. The molecule has 4 aromatic rings. The molecule has 444 valence electrons. The van der Waals surface area contributed by atoms with Gasteiger partial charge in [-0.1, -0.05) is 42.6 Å². The summed E-state index contributed by atoms with van der Waals surface area (Å²) >= 11 is 5.97. The molecule has 2 aromatic heterocycles. The number of aromatic nitrogens is 2. The van der Waals surface area contributed by atoms with Crippen molar-refractivity contribution in [3.05, 3.63) is 76.8 Å². The first-order chi connectivity index (χ1) is 37.9. The third-order valence-corrected chi connectivity index (χ3v) is 16.3. The molecule has 0 aliphatic carbocycles. The number of hydrogen-bond acceptors (Lipinski definition) is 14. The van der Waals surface area contributed by atoms with Gasteiger partial charge < -0.3 is 49.0 Å². The quantitative estimate of drug-likeness (QED) is 0.0976. The van der Waals surface area contributed by atoms with Gasteiger partial charge in [0.15, 0.2) is 0 Å². The van der Waals surface area contributed by atoms with Crippen molar-refractivity contribution in [2.45, 2.75) is 91.5 Å². The molecule has 0 spiro atoms. The Balaban J connectivity index is 0.000000183. The molecule has 0 radical (unpaired) electrons. The molecule has 27 heteroatoms. The fraction of sp³-hybridized carbons (Fsp3) is 0.556. The van der Waals surface area contributed by atoms with Gasteiger partial charge in [0.05, 0.1) is 50.1 Å². The van der Waals surface area contributed by atoms with Crippen molar-refractivity contribution >= 4 is 90.9 Å². The van der Waals surface area contributed by atoms with Crippen LogP contribution in [-0.2, 0) is 38.8 Å². The molecule has 20 nitrogen and oxygen atoms in total. The van der Waals surface area contributed by atoms with Crippen LogP contribution in [0.2, 0.25) is 5.02 Å². The van der Waals surface area contributed by atoms with E-state index in [1.165, 1.54) is 11.0 Å². The Labute approximate surface area is 479 Å². The number of nitrogens with one attached hydrogen (secondary N) is 4. The van der Waals surface area contributed by atoms with Crippen molar-refractivity contribution in [1.82, 2.24) is 19.8 Å². The maximum absolute atomic E-state index is 12.8. The van der Waals surface area contributed by atoms with Crippen LogP contribution < -0.4 is 35.3 Å². The van der Waals surface area contributed by atoms with Crippen molar-refractivity contribution in [3.8, 4) is 11.1 Å². The van der Waals surface area contributed by atoms with E-state index < -0.39 is 62.9 Å². The third kappa shape index (κ3) is 18.2. The zero-order valence-electron chi connectivity index (χ0n) is 47.4. The SMILES string of the molecule is CC[C@@H]1CCN(C(=O)Nc2ccc(C)c(-c3cc(NS(C)(=O)=O)nc(N4CCOCC4)c3)c2)C1.CS(=O)(=O)Nc1cc(Cl)cc(N2CCOCC2)n1.Cc1ccc(NC(=O)N2CC[C@@H](CC(F)(F)F)C2)cc1B1OC(C)(C)C(C)(C)O1. The molecule has 2 atom stereocenters. The minimum atomic E-state index is -4.20. The molecule has 81 heavy (non-hydrogen) atoms. The first-order valence-corrected chi connectivity index (χ1v) is 31.2. The van der Waals surface area contributed by atoms with Gasteiger partial charge in [0.25, 0.3) is 0 Å². The molecule has 5 saturated heterocycles. The molecular weight excluding hydrogens is 1120 g/mol. The summed E-state index contributed by atoms with van der Waals surface area (Å²) in [6.07, 6.45) is -0.391. The summed E-state index contributed by atoms with van der Waals surface area (Å²) in [5.74, 6) is 1.85.